The maximum absolute atomic E-state index is 10.7. The van der Waals surface area contributed by atoms with Gasteiger partial charge in [-0.05, 0) is 24.3 Å². The third kappa shape index (κ3) is 2.66. The van der Waals surface area contributed by atoms with Gasteiger partial charge in [0.05, 0.1) is 6.54 Å². The molecule has 1 N–H and O–H groups in total. The van der Waals surface area contributed by atoms with E-state index in [-0.39, 0.29) is 6.10 Å². The fraction of sp³-hybridized carbons (Fsp3) is 0.364. The van der Waals surface area contributed by atoms with Crippen LogP contribution in [0.4, 0.5) is 4.79 Å². The van der Waals surface area contributed by atoms with Crippen LogP contribution in [-0.2, 0) is 0 Å². The topological polar surface area (TPSA) is 49.8 Å². The predicted molar refractivity (Wildman–Crippen MR) is 62.8 cm³/mol. The molecule has 1 fully saturated rings. The second kappa shape index (κ2) is 4.74. The molecule has 16 heavy (non-hydrogen) atoms. The van der Waals surface area contributed by atoms with Gasteiger partial charge in [0.1, 0.15) is 11.9 Å². The monoisotopic (exact) mass is 285 g/mol. The van der Waals surface area contributed by atoms with Crippen molar-refractivity contribution in [3.63, 3.8) is 0 Å². The van der Waals surface area contributed by atoms with Gasteiger partial charge in [-0.3, -0.25) is 0 Å². The van der Waals surface area contributed by atoms with Crippen LogP contribution in [0.15, 0.2) is 28.7 Å². The summed E-state index contributed by atoms with van der Waals surface area (Å²) in [7, 11) is 0. The fourth-order valence-electron chi connectivity index (χ4n) is 1.70. The standard InChI is InChI=1S/C11H12BrNO3/c12-8-1-3-9(4-2-8)16-10-5-6-13(7-10)11(14)15/h1-4,10H,5-7H2,(H,14,15)/t10-/m1/s1. The minimum absolute atomic E-state index is 0.0303. The summed E-state index contributed by atoms with van der Waals surface area (Å²) in [6.07, 6.45) is -0.151. The van der Waals surface area contributed by atoms with Gasteiger partial charge in [-0.1, -0.05) is 15.9 Å². The number of halogens is 1. The number of ether oxygens (including phenoxy) is 1. The first-order valence-corrected chi connectivity index (χ1v) is 5.84. The minimum atomic E-state index is -0.873. The Morgan fingerprint density at radius 2 is 2.12 bits per heavy atom. The Morgan fingerprint density at radius 3 is 2.69 bits per heavy atom. The van der Waals surface area contributed by atoms with Crippen LogP contribution in [-0.4, -0.2) is 35.3 Å². The summed E-state index contributed by atoms with van der Waals surface area (Å²) in [4.78, 5) is 12.1. The van der Waals surface area contributed by atoms with Gasteiger partial charge in [0.25, 0.3) is 0 Å². The lowest BCUT2D eigenvalue weighted by molar-refractivity contribution is 0.145. The molecule has 0 radical (unpaired) electrons. The number of nitrogens with zero attached hydrogens (tertiary/aromatic N) is 1. The molecule has 1 aromatic carbocycles. The summed E-state index contributed by atoms with van der Waals surface area (Å²) in [6.45, 7) is 1.00. The number of carboxylic acid groups (broad SMARTS) is 1. The van der Waals surface area contributed by atoms with E-state index in [4.69, 9.17) is 9.84 Å². The Labute approximate surface area is 102 Å². The quantitative estimate of drug-likeness (QED) is 0.909. The smallest absolute Gasteiger partial charge is 0.407 e. The van der Waals surface area contributed by atoms with Gasteiger partial charge in [-0.15, -0.1) is 0 Å². The lowest BCUT2D eigenvalue weighted by atomic mass is 10.3. The van der Waals surface area contributed by atoms with Gasteiger partial charge in [0.2, 0.25) is 0 Å². The van der Waals surface area contributed by atoms with Crippen LogP contribution in [0.1, 0.15) is 6.42 Å². The van der Waals surface area contributed by atoms with Crippen LogP contribution in [0.2, 0.25) is 0 Å². The maximum Gasteiger partial charge on any atom is 0.407 e. The number of rotatable bonds is 2. The van der Waals surface area contributed by atoms with Crippen molar-refractivity contribution in [2.75, 3.05) is 13.1 Å². The van der Waals surface area contributed by atoms with Crippen LogP contribution in [0, 0.1) is 0 Å². The first-order chi connectivity index (χ1) is 7.65. The molecule has 1 aliphatic rings. The lowest BCUT2D eigenvalue weighted by Gasteiger charge is -2.14. The van der Waals surface area contributed by atoms with E-state index >= 15 is 0 Å². The predicted octanol–water partition coefficient (Wildman–Crippen LogP) is 2.58. The van der Waals surface area contributed by atoms with E-state index in [1.54, 1.807) is 0 Å². The van der Waals surface area contributed by atoms with Crippen LogP contribution in [0.3, 0.4) is 0 Å². The van der Waals surface area contributed by atoms with Crippen molar-refractivity contribution in [3.05, 3.63) is 28.7 Å². The minimum Gasteiger partial charge on any atom is -0.489 e. The maximum atomic E-state index is 10.7. The Morgan fingerprint density at radius 1 is 1.44 bits per heavy atom. The van der Waals surface area contributed by atoms with E-state index in [9.17, 15) is 4.79 Å². The molecule has 1 aliphatic heterocycles. The number of carbonyl (C=O) groups is 1. The molecule has 0 saturated carbocycles. The van der Waals surface area contributed by atoms with Gasteiger partial charge >= 0.3 is 6.09 Å². The molecule has 0 aliphatic carbocycles. The molecule has 1 saturated heterocycles. The summed E-state index contributed by atoms with van der Waals surface area (Å²) in [5.74, 6) is 0.778. The van der Waals surface area contributed by atoms with Gasteiger partial charge in [-0.2, -0.15) is 0 Å². The molecule has 1 amide bonds. The highest BCUT2D eigenvalue weighted by molar-refractivity contribution is 9.10. The second-order valence-corrected chi connectivity index (χ2v) is 4.63. The van der Waals surface area contributed by atoms with Gasteiger partial charge in [0.15, 0.2) is 0 Å². The van der Waals surface area contributed by atoms with Crippen LogP contribution < -0.4 is 4.74 Å². The van der Waals surface area contributed by atoms with Gasteiger partial charge < -0.3 is 14.7 Å². The molecule has 0 aromatic heterocycles. The van der Waals surface area contributed by atoms with Gasteiger partial charge in [0, 0.05) is 17.4 Å². The molecule has 0 unspecified atom stereocenters. The van der Waals surface area contributed by atoms with E-state index < -0.39 is 6.09 Å². The molecule has 0 bridgehead atoms. The first kappa shape index (κ1) is 11.3. The summed E-state index contributed by atoms with van der Waals surface area (Å²) in [5.41, 5.74) is 0. The molecule has 5 heteroatoms. The van der Waals surface area contributed by atoms with Crippen molar-refractivity contribution in [3.8, 4) is 5.75 Å². The number of amides is 1. The molecular formula is C11H12BrNO3. The zero-order valence-electron chi connectivity index (χ0n) is 8.60. The zero-order valence-corrected chi connectivity index (χ0v) is 10.2. The highest BCUT2D eigenvalue weighted by atomic mass is 79.9. The Bertz CT molecular complexity index is 379. The summed E-state index contributed by atoms with van der Waals surface area (Å²) in [6, 6.07) is 7.54. The third-order valence-corrected chi connectivity index (χ3v) is 3.06. The highest BCUT2D eigenvalue weighted by Gasteiger charge is 2.27. The molecule has 86 valence electrons. The number of hydrogen-bond acceptors (Lipinski definition) is 2. The SMILES string of the molecule is O=C(O)N1CC[C@@H](Oc2ccc(Br)cc2)C1. The largest absolute Gasteiger partial charge is 0.489 e. The second-order valence-electron chi connectivity index (χ2n) is 3.71. The van der Waals surface area contributed by atoms with Crippen molar-refractivity contribution in [2.45, 2.75) is 12.5 Å². The Balaban J connectivity index is 1.92. The third-order valence-electron chi connectivity index (χ3n) is 2.53. The molecule has 1 heterocycles. The molecule has 4 nitrogen and oxygen atoms in total. The summed E-state index contributed by atoms with van der Waals surface area (Å²) < 4.78 is 6.68. The number of benzene rings is 1. The van der Waals surface area contributed by atoms with Crippen LogP contribution in [0.25, 0.3) is 0 Å². The average Bonchev–Trinajstić information content (AvgIpc) is 2.70. The molecular weight excluding hydrogens is 274 g/mol. The number of likely N-dealkylation sites (tertiary alicyclic amines) is 1. The van der Waals surface area contributed by atoms with E-state index in [2.05, 4.69) is 15.9 Å². The first-order valence-electron chi connectivity index (χ1n) is 5.05. The van der Waals surface area contributed by atoms with E-state index in [0.717, 1.165) is 16.6 Å². The lowest BCUT2D eigenvalue weighted by Crippen LogP contribution is -2.29. The van der Waals surface area contributed by atoms with E-state index in [1.807, 2.05) is 24.3 Å². The average molecular weight is 286 g/mol. The fourth-order valence-corrected chi connectivity index (χ4v) is 1.97. The van der Waals surface area contributed by atoms with E-state index in [1.165, 1.54) is 4.90 Å². The summed E-state index contributed by atoms with van der Waals surface area (Å²) >= 11 is 3.35. The van der Waals surface area contributed by atoms with Crippen LogP contribution >= 0.6 is 15.9 Å². The van der Waals surface area contributed by atoms with Crippen LogP contribution in [0.5, 0.6) is 5.75 Å². The summed E-state index contributed by atoms with van der Waals surface area (Å²) in [5, 5.41) is 8.80. The van der Waals surface area contributed by atoms with Crippen molar-refractivity contribution in [2.24, 2.45) is 0 Å². The normalized spacial score (nSPS) is 19.8. The van der Waals surface area contributed by atoms with Crippen molar-refractivity contribution in [1.82, 2.24) is 4.90 Å². The zero-order chi connectivity index (χ0) is 11.5. The van der Waals surface area contributed by atoms with Crippen molar-refractivity contribution in [1.29, 1.82) is 0 Å². The molecule has 0 spiro atoms. The van der Waals surface area contributed by atoms with Gasteiger partial charge in [-0.25, -0.2) is 4.79 Å². The molecule has 2 rings (SSSR count). The Hall–Kier alpha value is -1.23. The van der Waals surface area contributed by atoms with Crippen molar-refractivity contribution >= 4 is 22.0 Å². The van der Waals surface area contributed by atoms with E-state index in [0.29, 0.717) is 13.1 Å². The highest BCUT2D eigenvalue weighted by Crippen LogP contribution is 2.20. The molecule has 1 atom stereocenters. The number of hydrogen-bond donors (Lipinski definition) is 1. The molecule has 1 aromatic rings. The van der Waals surface area contributed by atoms with Crippen molar-refractivity contribution < 1.29 is 14.6 Å². The Kier molecular flexibility index (Phi) is 3.33.